The second-order valence-electron chi connectivity index (χ2n) is 6.10. The van der Waals surface area contributed by atoms with Crippen molar-refractivity contribution in [1.82, 2.24) is 10.2 Å². The molecule has 122 valence electrons. The van der Waals surface area contributed by atoms with Gasteiger partial charge >= 0.3 is 12.1 Å². The molecule has 0 aromatic carbocycles. The summed E-state index contributed by atoms with van der Waals surface area (Å²) in [6, 6.07) is -0.677. The largest absolute Gasteiger partial charge is 0.493 e. The first-order chi connectivity index (χ1) is 10.3. The van der Waals surface area contributed by atoms with Crippen LogP contribution in [0.5, 0.6) is 0 Å². The van der Waals surface area contributed by atoms with E-state index in [0.717, 1.165) is 5.57 Å². The number of carbonyl (C=O) groups is 2. The van der Waals surface area contributed by atoms with E-state index in [0.29, 0.717) is 25.5 Å². The fourth-order valence-electron chi connectivity index (χ4n) is 2.22. The van der Waals surface area contributed by atoms with E-state index < -0.39 is 23.7 Å². The average Bonchev–Trinajstić information content (AvgIpc) is 2.66. The Morgan fingerprint density at radius 1 is 1.41 bits per heavy atom. The number of nitrogens with one attached hydrogen (secondary N) is 1. The number of dihydropyridines is 1. The van der Waals surface area contributed by atoms with E-state index in [9.17, 15) is 9.59 Å². The van der Waals surface area contributed by atoms with E-state index in [1.54, 1.807) is 17.2 Å². The van der Waals surface area contributed by atoms with Gasteiger partial charge in [0.2, 0.25) is 0 Å². The number of hydrogen-bond acceptors (Lipinski definition) is 6. The lowest BCUT2D eigenvalue weighted by Crippen LogP contribution is -2.40. The summed E-state index contributed by atoms with van der Waals surface area (Å²) in [6.07, 6.45) is 3.05. The summed E-state index contributed by atoms with van der Waals surface area (Å²) >= 11 is 0. The van der Waals surface area contributed by atoms with Crippen molar-refractivity contribution in [3.63, 3.8) is 0 Å². The molecule has 0 aliphatic carbocycles. The van der Waals surface area contributed by atoms with Crippen LogP contribution in [0, 0.1) is 0 Å². The Bertz CT molecular complexity index is 519. The van der Waals surface area contributed by atoms with Gasteiger partial charge in [-0.05, 0) is 33.0 Å². The Labute approximate surface area is 129 Å². The molecule has 0 saturated carbocycles. The first-order valence-electron chi connectivity index (χ1n) is 7.16. The third-order valence-corrected chi connectivity index (χ3v) is 3.19. The highest BCUT2D eigenvalue weighted by atomic mass is 16.6. The summed E-state index contributed by atoms with van der Waals surface area (Å²) in [5, 5.41) is 2.91. The van der Waals surface area contributed by atoms with Crippen molar-refractivity contribution in [2.75, 3.05) is 26.8 Å². The SMILES string of the molecule is COC(=O)C1NC=CC2=C1OCCN(C(=O)OC(C)(C)C)C2. The number of ether oxygens (including phenoxy) is 3. The maximum absolute atomic E-state index is 12.2. The number of amides is 1. The van der Waals surface area contributed by atoms with E-state index >= 15 is 0 Å². The van der Waals surface area contributed by atoms with Gasteiger partial charge in [-0.25, -0.2) is 9.59 Å². The van der Waals surface area contributed by atoms with Gasteiger partial charge in [0.1, 0.15) is 18.0 Å². The monoisotopic (exact) mass is 310 g/mol. The van der Waals surface area contributed by atoms with Gasteiger partial charge in [0.05, 0.1) is 20.2 Å². The van der Waals surface area contributed by atoms with Crippen LogP contribution in [0.4, 0.5) is 4.79 Å². The number of hydrogen-bond donors (Lipinski definition) is 1. The second-order valence-corrected chi connectivity index (χ2v) is 6.10. The van der Waals surface area contributed by atoms with Gasteiger partial charge in [-0.15, -0.1) is 0 Å². The minimum Gasteiger partial charge on any atom is -0.493 e. The molecule has 2 rings (SSSR count). The number of carbonyl (C=O) groups excluding carboxylic acids is 2. The zero-order chi connectivity index (χ0) is 16.3. The lowest BCUT2D eigenvalue weighted by Gasteiger charge is -2.26. The molecule has 7 nitrogen and oxygen atoms in total. The topological polar surface area (TPSA) is 77.1 Å². The summed E-state index contributed by atoms with van der Waals surface area (Å²) in [5.41, 5.74) is 0.206. The summed E-state index contributed by atoms with van der Waals surface area (Å²) < 4.78 is 15.8. The van der Waals surface area contributed by atoms with Crippen LogP contribution in [-0.4, -0.2) is 55.4 Å². The smallest absolute Gasteiger partial charge is 0.410 e. The fraction of sp³-hybridized carbons (Fsp3) is 0.600. The number of methoxy groups -OCH3 is 1. The van der Waals surface area contributed by atoms with E-state index in [2.05, 4.69) is 5.32 Å². The highest BCUT2D eigenvalue weighted by Crippen LogP contribution is 2.22. The van der Waals surface area contributed by atoms with Gasteiger partial charge in [-0.3, -0.25) is 0 Å². The molecule has 0 radical (unpaired) electrons. The Hall–Kier alpha value is -2.18. The van der Waals surface area contributed by atoms with Gasteiger partial charge in [-0.1, -0.05) is 0 Å². The Balaban J connectivity index is 2.16. The second kappa shape index (κ2) is 6.29. The summed E-state index contributed by atoms with van der Waals surface area (Å²) in [6.45, 7) is 6.48. The molecule has 0 saturated heterocycles. The molecule has 0 aromatic rings. The highest BCUT2D eigenvalue weighted by molar-refractivity contribution is 5.80. The minimum absolute atomic E-state index is 0.293. The van der Waals surface area contributed by atoms with Crippen LogP contribution in [0.1, 0.15) is 20.8 Å². The van der Waals surface area contributed by atoms with Crippen LogP contribution >= 0.6 is 0 Å². The molecule has 2 aliphatic rings. The lowest BCUT2D eigenvalue weighted by molar-refractivity contribution is -0.142. The third kappa shape index (κ3) is 3.72. The quantitative estimate of drug-likeness (QED) is 0.733. The molecule has 0 spiro atoms. The maximum atomic E-state index is 12.2. The van der Waals surface area contributed by atoms with Crippen LogP contribution < -0.4 is 5.32 Å². The lowest BCUT2D eigenvalue weighted by atomic mass is 10.1. The first-order valence-corrected chi connectivity index (χ1v) is 7.16. The molecule has 2 heterocycles. The third-order valence-electron chi connectivity index (χ3n) is 3.19. The highest BCUT2D eigenvalue weighted by Gasteiger charge is 2.33. The standard InChI is InChI=1S/C15H22N2O5/c1-15(2,3)22-14(19)17-7-8-21-12-10(9-17)5-6-16-11(12)13(18)20-4/h5-6,11,16H,7-9H2,1-4H3. The number of nitrogens with zero attached hydrogens (tertiary/aromatic N) is 1. The Morgan fingerprint density at radius 2 is 2.14 bits per heavy atom. The van der Waals surface area contributed by atoms with Crippen molar-refractivity contribution in [2.24, 2.45) is 0 Å². The molecule has 22 heavy (non-hydrogen) atoms. The molecule has 1 atom stereocenters. The minimum atomic E-state index is -0.677. The predicted octanol–water partition coefficient (Wildman–Crippen LogP) is 1.17. The van der Waals surface area contributed by atoms with E-state index in [1.165, 1.54) is 7.11 Å². The molecule has 0 aromatic heterocycles. The van der Waals surface area contributed by atoms with Crippen LogP contribution in [0.25, 0.3) is 0 Å². The molecule has 0 fully saturated rings. The zero-order valence-electron chi connectivity index (χ0n) is 13.3. The van der Waals surface area contributed by atoms with E-state index in [4.69, 9.17) is 14.2 Å². The van der Waals surface area contributed by atoms with Crippen molar-refractivity contribution in [3.8, 4) is 0 Å². The van der Waals surface area contributed by atoms with Crippen molar-refractivity contribution >= 4 is 12.1 Å². The summed E-state index contributed by atoms with van der Waals surface area (Å²) in [7, 11) is 1.33. The van der Waals surface area contributed by atoms with E-state index in [-0.39, 0.29) is 0 Å². The zero-order valence-corrected chi connectivity index (χ0v) is 13.3. The molecule has 1 unspecified atom stereocenters. The summed E-state index contributed by atoms with van der Waals surface area (Å²) in [5.74, 6) is 0.0722. The van der Waals surface area contributed by atoms with Crippen LogP contribution in [0.3, 0.4) is 0 Å². The van der Waals surface area contributed by atoms with Crippen LogP contribution in [-0.2, 0) is 19.0 Å². The average molecular weight is 310 g/mol. The normalized spacial score (nSPS) is 21.3. The van der Waals surface area contributed by atoms with Gasteiger partial charge in [0, 0.05) is 5.57 Å². The molecule has 1 amide bonds. The van der Waals surface area contributed by atoms with Crippen molar-refractivity contribution in [1.29, 1.82) is 0 Å². The maximum Gasteiger partial charge on any atom is 0.410 e. The number of rotatable bonds is 1. The van der Waals surface area contributed by atoms with Gasteiger partial charge < -0.3 is 24.4 Å². The van der Waals surface area contributed by atoms with Crippen LogP contribution in [0.15, 0.2) is 23.6 Å². The molecule has 7 heteroatoms. The van der Waals surface area contributed by atoms with Gasteiger partial charge in [0.15, 0.2) is 6.04 Å². The Morgan fingerprint density at radius 3 is 2.77 bits per heavy atom. The molecular weight excluding hydrogens is 288 g/mol. The predicted molar refractivity (Wildman–Crippen MR) is 78.9 cm³/mol. The molecule has 1 N–H and O–H groups in total. The Kier molecular flexibility index (Phi) is 4.63. The van der Waals surface area contributed by atoms with Crippen molar-refractivity contribution in [3.05, 3.63) is 23.6 Å². The fourth-order valence-corrected chi connectivity index (χ4v) is 2.22. The molecule has 0 bridgehead atoms. The van der Waals surface area contributed by atoms with Crippen molar-refractivity contribution in [2.45, 2.75) is 32.4 Å². The van der Waals surface area contributed by atoms with Gasteiger partial charge in [-0.2, -0.15) is 0 Å². The van der Waals surface area contributed by atoms with Gasteiger partial charge in [0.25, 0.3) is 0 Å². The first kappa shape index (κ1) is 16.2. The van der Waals surface area contributed by atoms with E-state index in [1.807, 2.05) is 20.8 Å². The molecular formula is C15H22N2O5. The summed E-state index contributed by atoms with van der Waals surface area (Å²) in [4.78, 5) is 25.6. The number of esters is 1. The molecule has 2 aliphatic heterocycles. The van der Waals surface area contributed by atoms with Crippen LogP contribution in [0.2, 0.25) is 0 Å². The van der Waals surface area contributed by atoms with Crippen molar-refractivity contribution < 1.29 is 23.8 Å².